The number of hydrogen-bond donors (Lipinski definition) is 2. The number of ether oxygens (including phenoxy) is 1. The summed E-state index contributed by atoms with van der Waals surface area (Å²) in [6, 6.07) is 10.3. The lowest BCUT2D eigenvalue weighted by atomic mass is 10.1. The van der Waals surface area contributed by atoms with Crippen LogP contribution in [0, 0.1) is 11.6 Å². The lowest BCUT2D eigenvalue weighted by molar-refractivity contribution is -0.116. The highest BCUT2D eigenvalue weighted by Gasteiger charge is 2.06. The molecule has 0 bridgehead atoms. The van der Waals surface area contributed by atoms with Crippen molar-refractivity contribution in [3.8, 4) is 5.75 Å². The molecule has 0 saturated carbocycles. The summed E-state index contributed by atoms with van der Waals surface area (Å²) >= 11 is 0. The number of aliphatic hydroxyl groups excluding tert-OH is 1. The largest absolute Gasteiger partial charge is 0.491 e. The number of benzene rings is 2. The molecule has 2 aromatic rings. The topological polar surface area (TPSA) is 58.6 Å². The van der Waals surface area contributed by atoms with Crippen LogP contribution in [0.5, 0.6) is 5.75 Å². The summed E-state index contributed by atoms with van der Waals surface area (Å²) in [6.07, 6.45) is 1.21. The molecule has 0 atom stereocenters. The molecule has 0 aliphatic rings. The predicted molar refractivity (Wildman–Crippen MR) is 86.9 cm³/mol. The third-order valence-corrected chi connectivity index (χ3v) is 3.34. The van der Waals surface area contributed by atoms with Crippen LogP contribution < -0.4 is 10.1 Å². The molecular weight excluding hydrogens is 316 g/mol. The summed E-state index contributed by atoms with van der Waals surface area (Å²) in [4.78, 5) is 11.8. The summed E-state index contributed by atoms with van der Waals surface area (Å²) in [5.41, 5.74) is 1.66. The third kappa shape index (κ3) is 5.62. The number of nitrogens with one attached hydrogen (secondary N) is 1. The van der Waals surface area contributed by atoms with Gasteiger partial charge in [0, 0.05) is 24.8 Å². The van der Waals surface area contributed by atoms with Crippen molar-refractivity contribution in [1.29, 1.82) is 0 Å². The van der Waals surface area contributed by atoms with Crippen LogP contribution in [-0.4, -0.2) is 24.2 Å². The van der Waals surface area contributed by atoms with Crippen molar-refractivity contribution in [2.45, 2.75) is 19.3 Å². The molecule has 0 saturated heterocycles. The van der Waals surface area contributed by atoms with Crippen molar-refractivity contribution < 1.29 is 23.4 Å². The highest BCUT2D eigenvalue weighted by Crippen LogP contribution is 2.18. The maximum Gasteiger partial charge on any atom is 0.224 e. The van der Waals surface area contributed by atoms with Gasteiger partial charge in [-0.25, -0.2) is 8.78 Å². The van der Waals surface area contributed by atoms with Gasteiger partial charge in [0.15, 0.2) is 11.6 Å². The van der Waals surface area contributed by atoms with Crippen LogP contribution in [0.1, 0.15) is 18.4 Å². The molecule has 2 rings (SSSR count). The summed E-state index contributed by atoms with van der Waals surface area (Å²) < 4.78 is 31.3. The lowest BCUT2D eigenvalue weighted by Gasteiger charge is -2.08. The first-order valence-corrected chi connectivity index (χ1v) is 7.66. The Kier molecular flexibility index (Phi) is 6.69. The monoisotopic (exact) mass is 335 g/mol. The van der Waals surface area contributed by atoms with Gasteiger partial charge in [0.1, 0.15) is 5.82 Å². The standard InChI is InChI=1S/C18H19F2NO3/c19-14-5-8-17(16(20)12-14)24-11-1-2-18(23)21-15-6-3-13(4-7-15)9-10-22/h3-8,12,22H,1-2,9-11H2,(H,21,23). The van der Waals surface area contributed by atoms with E-state index < -0.39 is 11.6 Å². The zero-order valence-corrected chi connectivity index (χ0v) is 13.1. The van der Waals surface area contributed by atoms with Crippen LogP contribution >= 0.6 is 0 Å². The number of carbonyl (C=O) groups excluding carboxylic acids is 1. The Morgan fingerprint density at radius 2 is 1.88 bits per heavy atom. The molecule has 128 valence electrons. The molecule has 24 heavy (non-hydrogen) atoms. The second kappa shape index (κ2) is 8.98. The molecule has 0 fully saturated rings. The Morgan fingerprint density at radius 3 is 2.54 bits per heavy atom. The molecule has 4 nitrogen and oxygen atoms in total. The second-order valence-electron chi connectivity index (χ2n) is 5.25. The van der Waals surface area contributed by atoms with Crippen LogP contribution in [0.3, 0.4) is 0 Å². The Hall–Kier alpha value is -2.47. The second-order valence-corrected chi connectivity index (χ2v) is 5.25. The van der Waals surface area contributed by atoms with E-state index in [0.717, 1.165) is 17.7 Å². The van der Waals surface area contributed by atoms with Crippen LogP contribution in [0.25, 0.3) is 0 Å². The van der Waals surface area contributed by atoms with E-state index in [9.17, 15) is 13.6 Å². The van der Waals surface area contributed by atoms with Gasteiger partial charge in [-0.15, -0.1) is 0 Å². The minimum absolute atomic E-state index is 0.0312. The van der Waals surface area contributed by atoms with Gasteiger partial charge in [-0.3, -0.25) is 4.79 Å². The first-order valence-electron chi connectivity index (χ1n) is 7.66. The van der Waals surface area contributed by atoms with Crippen molar-refractivity contribution in [1.82, 2.24) is 0 Å². The van der Waals surface area contributed by atoms with Gasteiger partial charge in [0.25, 0.3) is 0 Å². The van der Waals surface area contributed by atoms with E-state index >= 15 is 0 Å². The number of rotatable bonds is 8. The average molecular weight is 335 g/mol. The predicted octanol–water partition coefficient (Wildman–Crippen LogP) is 3.30. The number of amides is 1. The number of carbonyl (C=O) groups is 1. The number of anilines is 1. The highest BCUT2D eigenvalue weighted by atomic mass is 19.1. The molecule has 6 heteroatoms. The third-order valence-electron chi connectivity index (χ3n) is 3.34. The smallest absolute Gasteiger partial charge is 0.224 e. The van der Waals surface area contributed by atoms with E-state index in [1.165, 1.54) is 6.07 Å². The minimum atomic E-state index is -0.762. The number of halogens is 2. The number of hydrogen-bond acceptors (Lipinski definition) is 3. The van der Waals surface area contributed by atoms with Crippen LogP contribution in [0.15, 0.2) is 42.5 Å². The lowest BCUT2D eigenvalue weighted by Crippen LogP contribution is -2.13. The fraction of sp³-hybridized carbons (Fsp3) is 0.278. The van der Waals surface area contributed by atoms with Gasteiger partial charge in [-0.1, -0.05) is 12.1 Å². The summed E-state index contributed by atoms with van der Waals surface area (Å²) in [6.45, 7) is 0.242. The Morgan fingerprint density at radius 1 is 1.12 bits per heavy atom. The van der Waals surface area contributed by atoms with E-state index in [1.54, 1.807) is 12.1 Å². The fourth-order valence-electron chi connectivity index (χ4n) is 2.11. The fourth-order valence-corrected chi connectivity index (χ4v) is 2.11. The van der Waals surface area contributed by atoms with Crippen LogP contribution in [-0.2, 0) is 11.2 Å². The van der Waals surface area contributed by atoms with E-state index in [2.05, 4.69) is 5.32 Å². The van der Waals surface area contributed by atoms with Crippen LogP contribution in [0.4, 0.5) is 14.5 Å². The molecule has 0 unspecified atom stereocenters. The van der Waals surface area contributed by atoms with Gasteiger partial charge in [0.05, 0.1) is 6.61 Å². The Labute approximate surface area is 139 Å². The first kappa shape index (κ1) is 17.9. The quantitative estimate of drug-likeness (QED) is 0.728. The first-order chi connectivity index (χ1) is 11.6. The zero-order chi connectivity index (χ0) is 17.4. The van der Waals surface area contributed by atoms with E-state index in [-0.39, 0.29) is 31.3 Å². The van der Waals surface area contributed by atoms with Crippen molar-refractivity contribution in [3.05, 3.63) is 59.7 Å². The van der Waals surface area contributed by atoms with Crippen molar-refractivity contribution >= 4 is 11.6 Å². The van der Waals surface area contributed by atoms with E-state index in [0.29, 0.717) is 18.5 Å². The zero-order valence-electron chi connectivity index (χ0n) is 13.1. The molecule has 0 radical (unpaired) electrons. The molecule has 1 amide bonds. The molecule has 0 aliphatic heterocycles. The SMILES string of the molecule is O=C(CCCOc1ccc(F)cc1F)Nc1ccc(CCO)cc1. The van der Waals surface area contributed by atoms with E-state index in [4.69, 9.17) is 9.84 Å². The summed E-state index contributed by atoms with van der Waals surface area (Å²) in [5.74, 6) is -1.63. The summed E-state index contributed by atoms with van der Waals surface area (Å²) in [5, 5.41) is 11.6. The highest BCUT2D eigenvalue weighted by molar-refractivity contribution is 5.90. The average Bonchev–Trinajstić information content (AvgIpc) is 2.55. The Balaban J connectivity index is 1.71. The van der Waals surface area contributed by atoms with Crippen molar-refractivity contribution in [2.24, 2.45) is 0 Å². The molecular formula is C18H19F2NO3. The van der Waals surface area contributed by atoms with Crippen molar-refractivity contribution in [2.75, 3.05) is 18.5 Å². The normalized spacial score (nSPS) is 10.5. The molecule has 2 aromatic carbocycles. The van der Waals surface area contributed by atoms with Gasteiger partial charge in [-0.05, 0) is 42.7 Å². The van der Waals surface area contributed by atoms with Gasteiger partial charge < -0.3 is 15.2 Å². The maximum absolute atomic E-state index is 13.4. The van der Waals surface area contributed by atoms with Gasteiger partial charge in [-0.2, -0.15) is 0 Å². The molecule has 2 N–H and O–H groups in total. The minimum Gasteiger partial charge on any atom is -0.491 e. The summed E-state index contributed by atoms with van der Waals surface area (Å²) in [7, 11) is 0. The molecule has 0 heterocycles. The van der Waals surface area contributed by atoms with E-state index in [1.807, 2.05) is 12.1 Å². The molecule has 0 spiro atoms. The molecule has 0 aromatic heterocycles. The molecule has 0 aliphatic carbocycles. The van der Waals surface area contributed by atoms with Crippen LogP contribution in [0.2, 0.25) is 0 Å². The van der Waals surface area contributed by atoms with Crippen molar-refractivity contribution in [3.63, 3.8) is 0 Å². The number of aliphatic hydroxyl groups is 1. The Bertz CT molecular complexity index is 674. The van der Waals surface area contributed by atoms with Gasteiger partial charge in [0.2, 0.25) is 5.91 Å². The van der Waals surface area contributed by atoms with Gasteiger partial charge >= 0.3 is 0 Å². The maximum atomic E-state index is 13.4.